The number of aromatic hydroxyl groups is 1. The topological polar surface area (TPSA) is 124 Å². The molecule has 27 heavy (non-hydrogen) atoms. The Labute approximate surface area is 149 Å². The summed E-state index contributed by atoms with van der Waals surface area (Å²) >= 11 is 0. The molecule has 0 bridgehead atoms. The van der Waals surface area contributed by atoms with Gasteiger partial charge in [-0.2, -0.15) is 8.42 Å². The lowest BCUT2D eigenvalue weighted by atomic mass is 10.1. The average molecular weight is 404 g/mol. The Bertz CT molecular complexity index is 1140. The van der Waals surface area contributed by atoms with E-state index in [1.807, 2.05) is 0 Å². The number of nitrogens with zero attached hydrogens (tertiary/aromatic N) is 2. The van der Waals surface area contributed by atoms with Crippen LogP contribution in [0, 0.1) is 5.82 Å². The van der Waals surface area contributed by atoms with Gasteiger partial charge >= 0.3 is 10.2 Å². The van der Waals surface area contributed by atoms with E-state index in [0.29, 0.717) is 4.31 Å². The van der Waals surface area contributed by atoms with Gasteiger partial charge in [0.15, 0.2) is 5.82 Å². The van der Waals surface area contributed by atoms with Crippen molar-refractivity contribution < 1.29 is 31.5 Å². The Kier molecular flexibility index (Phi) is 3.41. The Morgan fingerprint density at radius 3 is 2.44 bits per heavy atom. The quantitative estimate of drug-likeness (QED) is 0.685. The average Bonchev–Trinajstić information content (AvgIpc) is 2.87. The van der Waals surface area contributed by atoms with Crippen molar-refractivity contribution in [1.29, 1.82) is 0 Å². The molecule has 3 N–H and O–H groups in total. The fraction of sp³-hybridized carbons (Fsp3) is 0.286. The van der Waals surface area contributed by atoms with Gasteiger partial charge in [0.25, 0.3) is 17.4 Å². The van der Waals surface area contributed by atoms with Crippen molar-refractivity contribution in [3.8, 4) is 16.9 Å². The summed E-state index contributed by atoms with van der Waals surface area (Å²) in [6, 6.07) is 0.694. The van der Waals surface area contributed by atoms with Crippen molar-refractivity contribution in [2.75, 3.05) is 10.8 Å². The molecule has 1 aliphatic heterocycles. The summed E-state index contributed by atoms with van der Waals surface area (Å²) in [4.78, 5) is 23.4. The minimum Gasteiger partial charge on any atom is -0.506 e. The molecule has 2 fully saturated rings. The van der Waals surface area contributed by atoms with E-state index in [9.17, 15) is 36.3 Å². The van der Waals surface area contributed by atoms with Crippen LogP contribution in [0.25, 0.3) is 11.1 Å². The fourth-order valence-corrected chi connectivity index (χ4v) is 4.08. The zero-order valence-corrected chi connectivity index (χ0v) is 14.1. The van der Waals surface area contributed by atoms with Crippen LogP contribution >= 0.6 is 0 Å². The number of rotatable bonds is 3. The molecule has 2 aliphatic rings. The Morgan fingerprint density at radius 1 is 1.22 bits per heavy atom. The minimum absolute atomic E-state index is 0.323. The highest BCUT2D eigenvalue weighted by Gasteiger charge is 2.59. The second-order valence-corrected chi connectivity index (χ2v) is 7.80. The molecule has 1 amide bonds. The molecular formula is C14H11F3N4O5S. The van der Waals surface area contributed by atoms with Gasteiger partial charge in [-0.25, -0.2) is 22.2 Å². The second kappa shape index (κ2) is 5.28. The molecule has 1 unspecified atom stereocenters. The number of halogens is 3. The van der Waals surface area contributed by atoms with Crippen LogP contribution < -0.4 is 14.6 Å². The minimum atomic E-state index is -4.41. The van der Waals surface area contributed by atoms with Crippen LogP contribution in [-0.4, -0.2) is 41.7 Å². The van der Waals surface area contributed by atoms with E-state index in [1.54, 1.807) is 4.72 Å². The summed E-state index contributed by atoms with van der Waals surface area (Å²) in [5.41, 5.74) is -2.44. The van der Waals surface area contributed by atoms with E-state index in [4.69, 9.17) is 0 Å². The van der Waals surface area contributed by atoms with Crippen LogP contribution in [0.3, 0.4) is 0 Å². The molecule has 2 heterocycles. The number of amides is 1. The van der Waals surface area contributed by atoms with Crippen LogP contribution in [0.4, 0.5) is 18.9 Å². The number of anilines is 1. The van der Waals surface area contributed by atoms with Gasteiger partial charge in [-0.1, -0.05) is 0 Å². The molecule has 144 valence electrons. The van der Waals surface area contributed by atoms with Gasteiger partial charge in [0.2, 0.25) is 0 Å². The summed E-state index contributed by atoms with van der Waals surface area (Å²) in [6.45, 7) is -0.762. The molecule has 2 aromatic rings. The number of carbonyl (C=O) groups is 1. The molecule has 1 saturated carbocycles. The Balaban J connectivity index is 1.83. The van der Waals surface area contributed by atoms with Crippen molar-refractivity contribution in [1.82, 2.24) is 14.5 Å². The first-order valence-electron chi connectivity index (χ1n) is 7.55. The predicted octanol–water partition coefficient (Wildman–Crippen LogP) is 0.449. The molecule has 0 radical (unpaired) electrons. The van der Waals surface area contributed by atoms with Crippen LogP contribution in [0.2, 0.25) is 0 Å². The lowest BCUT2D eigenvalue weighted by Gasteiger charge is -2.18. The number of aromatic nitrogens is 2. The Morgan fingerprint density at radius 2 is 1.89 bits per heavy atom. The summed E-state index contributed by atoms with van der Waals surface area (Å²) in [6.07, 6.45) is 0.523. The van der Waals surface area contributed by atoms with Crippen LogP contribution in [0.15, 0.2) is 23.1 Å². The van der Waals surface area contributed by atoms with Crippen molar-refractivity contribution in [3.05, 3.63) is 34.5 Å². The number of hydrogen-bond donors (Lipinski definition) is 3. The van der Waals surface area contributed by atoms with E-state index < -0.39 is 69.4 Å². The predicted molar refractivity (Wildman–Crippen MR) is 85.1 cm³/mol. The van der Waals surface area contributed by atoms with Crippen molar-refractivity contribution >= 4 is 21.8 Å². The maximum atomic E-state index is 15.0. The smallest absolute Gasteiger partial charge is 0.326 e. The second-order valence-electron chi connectivity index (χ2n) is 6.20. The number of benzene rings is 1. The molecule has 1 aromatic carbocycles. The molecule has 13 heteroatoms. The number of alkyl halides is 2. The first-order chi connectivity index (χ1) is 12.5. The molecule has 4 rings (SSSR count). The number of hydrogen-bond acceptors (Lipinski definition) is 5. The zero-order valence-electron chi connectivity index (χ0n) is 13.2. The van der Waals surface area contributed by atoms with Gasteiger partial charge in [-0.15, -0.1) is 0 Å². The summed E-state index contributed by atoms with van der Waals surface area (Å²) < 4.78 is 68.0. The highest BCUT2D eigenvalue weighted by molar-refractivity contribution is 7.92. The summed E-state index contributed by atoms with van der Waals surface area (Å²) in [5, 5.41) is 12.1. The van der Waals surface area contributed by atoms with Crippen molar-refractivity contribution in [2.45, 2.75) is 18.4 Å². The maximum Gasteiger partial charge on any atom is 0.326 e. The lowest BCUT2D eigenvalue weighted by Crippen LogP contribution is -2.30. The number of aromatic amines is 1. The Hall–Kier alpha value is -2.96. The van der Waals surface area contributed by atoms with E-state index in [1.165, 1.54) is 0 Å². The van der Waals surface area contributed by atoms with E-state index >= 15 is 0 Å². The summed E-state index contributed by atoms with van der Waals surface area (Å²) in [7, 11) is -4.41. The largest absolute Gasteiger partial charge is 0.506 e. The first kappa shape index (κ1) is 17.5. The third kappa shape index (κ3) is 2.65. The lowest BCUT2D eigenvalue weighted by molar-refractivity contribution is -0.117. The molecule has 1 saturated heterocycles. The molecule has 9 nitrogen and oxygen atoms in total. The van der Waals surface area contributed by atoms with Crippen molar-refractivity contribution in [2.24, 2.45) is 0 Å². The molecular weight excluding hydrogens is 393 g/mol. The maximum absolute atomic E-state index is 15.0. The number of phenolic OH excluding ortho intramolecular Hbond substituents is 1. The van der Waals surface area contributed by atoms with E-state index in [-0.39, 0.29) is 5.56 Å². The van der Waals surface area contributed by atoms with Crippen LogP contribution in [0.1, 0.15) is 12.5 Å². The van der Waals surface area contributed by atoms with E-state index in [0.717, 1.165) is 23.0 Å². The highest BCUT2D eigenvalue weighted by Crippen LogP contribution is 2.52. The SMILES string of the molecule is O=C1CN(c2c(O)ccc(-c3cn(C4CC4(F)F)[nH]c3=O)c2F)S(=O)(=O)N1. The van der Waals surface area contributed by atoms with Gasteiger partial charge < -0.3 is 5.11 Å². The monoisotopic (exact) mass is 404 g/mol. The molecule has 1 aliphatic carbocycles. The molecule has 1 aromatic heterocycles. The summed E-state index contributed by atoms with van der Waals surface area (Å²) in [5.74, 6) is -5.98. The van der Waals surface area contributed by atoms with Gasteiger partial charge in [0, 0.05) is 18.2 Å². The van der Waals surface area contributed by atoms with E-state index in [2.05, 4.69) is 5.10 Å². The van der Waals surface area contributed by atoms with Crippen LogP contribution in [0.5, 0.6) is 5.75 Å². The van der Waals surface area contributed by atoms with Gasteiger partial charge in [-0.3, -0.25) is 19.4 Å². The number of nitrogens with one attached hydrogen (secondary N) is 2. The third-order valence-electron chi connectivity index (χ3n) is 4.33. The van der Waals surface area contributed by atoms with Gasteiger partial charge in [-0.05, 0) is 12.1 Å². The van der Waals surface area contributed by atoms with Gasteiger partial charge in [0.05, 0.1) is 5.56 Å². The highest BCUT2D eigenvalue weighted by atomic mass is 32.2. The van der Waals surface area contributed by atoms with Gasteiger partial charge in [0.1, 0.15) is 24.0 Å². The third-order valence-corrected chi connectivity index (χ3v) is 5.70. The molecule has 0 spiro atoms. The number of carbonyl (C=O) groups excluding carboxylic acids is 1. The van der Waals surface area contributed by atoms with Crippen LogP contribution in [-0.2, 0) is 15.0 Å². The number of phenols is 1. The fourth-order valence-electron chi connectivity index (χ4n) is 2.91. The first-order valence-corrected chi connectivity index (χ1v) is 8.99. The zero-order chi connectivity index (χ0) is 19.7. The van der Waals surface area contributed by atoms with Crippen molar-refractivity contribution in [3.63, 3.8) is 0 Å². The molecule has 1 atom stereocenters. The standard InChI is InChI=1S/C14H11F3N4O5S/c15-11-6(7-4-20(18-13(7)24)9-3-14(9,16)17)1-2-8(22)12(11)21-5-10(23)19-27(21,25)26/h1-2,4,9,22H,3,5H2,(H,18,24)(H,19,23). The normalized spacial score (nSPS) is 22.7. The number of H-pyrrole nitrogens is 1.